The Balaban J connectivity index is 1.70. The topological polar surface area (TPSA) is 86.5 Å². The number of benzene rings is 1. The van der Waals surface area contributed by atoms with Gasteiger partial charge in [0.15, 0.2) is 0 Å². The van der Waals surface area contributed by atoms with Crippen LogP contribution in [0.5, 0.6) is 0 Å². The Kier molecular flexibility index (Phi) is 4.53. The van der Waals surface area contributed by atoms with Crippen molar-refractivity contribution in [2.24, 2.45) is 23.0 Å². The summed E-state index contributed by atoms with van der Waals surface area (Å²) in [6.45, 7) is 2.49. The number of fused-ring (bicyclic) bond motifs is 1. The van der Waals surface area contributed by atoms with Crippen molar-refractivity contribution in [2.45, 2.75) is 37.5 Å². The molecule has 1 aromatic rings. The third-order valence-electron chi connectivity index (χ3n) is 5.41. The minimum absolute atomic E-state index is 0.0133. The molecule has 0 radical (unpaired) electrons. The molecule has 1 saturated carbocycles. The Labute approximate surface area is 143 Å². The molecular formula is C18H23NO4S. The van der Waals surface area contributed by atoms with Crippen LogP contribution in [0.4, 0.5) is 0 Å². The zero-order chi connectivity index (χ0) is 17.4. The summed E-state index contributed by atoms with van der Waals surface area (Å²) in [5.74, 6) is 0.0903. The molecule has 0 heterocycles. The van der Waals surface area contributed by atoms with Gasteiger partial charge in [-0.05, 0) is 55.2 Å². The van der Waals surface area contributed by atoms with Gasteiger partial charge in [-0.25, -0.2) is 0 Å². The van der Waals surface area contributed by atoms with Gasteiger partial charge in [-0.15, -0.1) is 0 Å². The molecule has 0 unspecified atom stereocenters. The second-order valence-electron chi connectivity index (χ2n) is 6.84. The van der Waals surface area contributed by atoms with Crippen molar-refractivity contribution in [3.05, 3.63) is 42.0 Å². The predicted octanol–water partition coefficient (Wildman–Crippen LogP) is 2.63. The van der Waals surface area contributed by atoms with Crippen LogP contribution in [0.2, 0.25) is 0 Å². The smallest absolute Gasteiger partial charge is 0.341 e. The fourth-order valence-electron chi connectivity index (χ4n) is 4.11. The third-order valence-corrected chi connectivity index (χ3v) is 6.67. The molecule has 0 aliphatic heterocycles. The van der Waals surface area contributed by atoms with Gasteiger partial charge in [-0.1, -0.05) is 36.8 Å². The molecule has 3 rings (SSSR count). The molecule has 0 spiro atoms. The maximum absolute atomic E-state index is 12.3. The highest BCUT2D eigenvalue weighted by Gasteiger charge is 2.55. The summed E-state index contributed by atoms with van der Waals surface area (Å²) in [5.41, 5.74) is 7.00. The van der Waals surface area contributed by atoms with Crippen LogP contribution in [0, 0.1) is 17.3 Å². The maximum atomic E-state index is 12.3. The van der Waals surface area contributed by atoms with E-state index >= 15 is 0 Å². The lowest BCUT2D eigenvalue weighted by atomic mass is 9.53. The number of nitrogens with two attached hydrogens (primary N) is 1. The molecule has 6 heteroatoms. The second-order valence-corrected chi connectivity index (χ2v) is 8.38. The summed E-state index contributed by atoms with van der Waals surface area (Å²) < 4.78 is 29.1. The van der Waals surface area contributed by atoms with E-state index in [2.05, 4.69) is 13.0 Å². The Morgan fingerprint density at radius 1 is 1.33 bits per heavy atom. The van der Waals surface area contributed by atoms with Gasteiger partial charge in [0.05, 0.1) is 6.42 Å². The van der Waals surface area contributed by atoms with Crippen LogP contribution in [-0.2, 0) is 19.1 Å². The largest absolute Gasteiger partial charge is 0.342 e. The van der Waals surface area contributed by atoms with E-state index in [0.717, 1.165) is 19.3 Å². The lowest BCUT2D eigenvalue weighted by molar-refractivity contribution is -0.141. The average Bonchev–Trinajstić information content (AvgIpc) is 2.91. The van der Waals surface area contributed by atoms with Crippen LogP contribution in [0.25, 0.3) is 0 Å². The monoisotopic (exact) mass is 349 g/mol. The Morgan fingerprint density at radius 3 is 2.67 bits per heavy atom. The van der Waals surface area contributed by atoms with Crippen molar-refractivity contribution >= 4 is 16.1 Å². The molecule has 1 fully saturated rings. The summed E-state index contributed by atoms with van der Waals surface area (Å²) in [7, 11) is -4.07. The van der Waals surface area contributed by atoms with E-state index in [0.29, 0.717) is 12.5 Å². The van der Waals surface area contributed by atoms with Gasteiger partial charge in [0.1, 0.15) is 4.90 Å². The first-order chi connectivity index (χ1) is 11.4. The predicted molar refractivity (Wildman–Crippen MR) is 90.4 cm³/mol. The highest BCUT2D eigenvalue weighted by Crippen LogP contribution is 2.59. The summed E-state index contributed by atoms with van der Waals surface area (Å²) in [6.07, 6.45) is 5.22. The van der Waals surface area contributed by atoms with E-state index in [4.69, 9.17) is 9.92 Å². The molecule has 2 aliphatic carbocycles. The standard InChI is InChI=1S/C18H23NO4S/c1-2-13-8-14-10-18(12-19,16(14)9-13)11-17(20)23-24(21,22)15-6-4-3-5-7-15/h3-7,9,14,16H,2,8,10-12,19H2,1H3/t14-,16+,18+/m0/s1. The number of rotatable bonds is 6. The van der Waals surface area contributed by atoms with Crippen LogP contribution in [0.3, 0.4) is 0 Å². The molecule has 2 N–H and O–H groups in total. The van der Waals surface area contributed by atoms with Gasteiger partial charge in [0, 0.05) is 0 Å². The molecule has 0 saturated heterocycles. The van der Waals surface area contributed by atoms with Crippen LogP contribution in [0.1, 0.15) is 32.6 Å². The van der Waals surface area contributed by atoms with E-state index < -0.39 is 16.1 Å². The number of hydrogen-bond donors (Lipinski definition) is 1. The minimum atomic E-state index is -4.07. The Hall–Kier alpha value is -1.66. The van der Waals surface area contributed by atoms with Gasteiger partial charge >= 0.3 is 16.1 Å². The van der Waals surface area contributed by atoms with E-state index in [-0.39, 0.29) is 22.6 Å². The highest BCUT2D eigenvalue weighted by atomic mass is 32.2. The maximum Gasteiger partial charge on any atom is 0.341 e. The van der Waals surface area contributed by atoms with Gasteiger partial charge < -0.3 is 9.92 Å². The SMILES string of the molecule is CCC1=C[C@@H]2[C@@H](C1)C[C@]2(CN)CC(=O)OS(=O)(=O)c1ccccc1. The van der Waals surface area contributed by atoms with Crippen LogP contribution in [-0.4, -0.2) is 20.9 Å². The lowest BCUT2D eigenvalue weighted by Gasteiger charge is -2.51. The van der Waals surface area contributed by atoms with Crippen molar-refractivity contribution in [3.63, 3.8) is 0 Å². The molecule has 5 nitrogen and oxygen atoms in total. The minimum Gasteiger partial charge on any atom is -0.342 e. The van der Waals surface area contributed by atoms with Crippen molar-refractivity contribution in [1.82, 2.24) is 0 Å². The van der Waals surface area contributed by atoms with E-state index in [9.17, 15) is 13.2 Å². The van der Waals surface area contributed by atoms with Crippen molar-refractivity contribution < 1.29 is 17.4 Å². The van der Waals surface area contributed by atoms with Crippen molar-refractivity contribution in [3.8, 4) is 0 Å². The number of carbonyl (C=O) groups excluding carboxylic acids is 1. The first kappa shape index (κ1) is 17.2. The fraction of sp³-hybridized carbons (Fsp3) is 0.500. The molecule has 0 bridgehead atoms. The van der Waals surface area contributed by atoms with E-state index in [1.54, 1.807) is 18.2 Å². The molecule has 0 aromatic heterocycles. The van der Waals surface area contributed by atoms with Crippen LogP contribution < -0.4 is 5.73 Å². The Bertz CT molecular complexity index is 756. The summed E-state index contributed by atoms with van der Waals surface area (Å²) >= 11 is 0. The number of hydrogen-bond acceptors (Lipinski definition) is 5. The van der Waals surface area contributed by atoms with Gasteiger partial charge in [-0.3, -0.25) is 4.79 Å². The average molecular weight is 349 g/mol. The van der Waals surface area contributed by atoms with Gasteiger partial charge in [-0.2, -0.15) is 8.42 Å². The highest BCUT2D eigenvalue weighted by molar-refractivity contribution is 7.87. The van der Waals surface area contributed by atoms with Crippen LogP contribution in [0.15, 0.2) is 46.9 Å². The molecule has 2 aliphatic rings. The summed E-state index contributed by atoms with van der Waals surface area (Å²) in [5, 5.41) is 0. The normalized spacial score (nSPS) is 28.7. The van der Waals surface area contributed by atoms with Crippen molar-refractivity contribution in [1.29, 1.82) is 0 Å². The van der Waals surface area contributed by atoms with Crippen LogP contribution >= 0.6 is 0 Å². The first-order valence-corrected chi connectivity index (χ1v) is 9.73. The number of carbonyl (C=O) groups is 1. The Morgan fingerprint density at radius 2 is 2.04 bits per heavy atom. The molecule has 1 aromatic carbocycles. The zero-order valence-electron chi connectivity index (χ0n) is 13.8. The number of allylic oxidation sites excluding steroid dienone is 2. The van der Waals surface area contributed by atoms with Gasteiger partial charge in [0.25, 0.3) is 0 Å². The first-order valence-electron chi connectivity index (χ1n) is 8.32. The molecule has 0 amide bonds. The molecule has 3 atom stereocenters. The quantitative estimate of drug-likeness (QED) is 0.630. The summed E-state index contributed by atoms with van der Waals surface area (Å²) in [6, 6.07) is 7.71. The lowest BCUT2D eigenvalue weighted by Crippen LogP contribution is -2.51. The van der Waals surface area contributed by atoms with E-state index in [1.807, 2.05) is 0 Å². The molecule has 130 valence electrons. The third kappa shape index (κ3) is 3.00. The molecule has 24 heavy (non-hydrogen) atoms. The van der Waals surface area contributed by atoms with Crippen molar-refractivity contribution in [2.75, 3.05) is 6.54 Å². The second kappa shape index (κ2) is 6.33. The molecular weight excluding hydrogens is 326 g/mol. The fourth-order valence-corrected chi connectivity index (χ4v) is 5.00. The zero-order valence-corrected chi connectivity index (χ0v) is 14.6. The summed E-state index contributed by atoms with van der Waals surface area (Å²) in [4.78, 5) is 12.2. The van der Waals surface area contributed by atoms with Gasteiger partial charge in [0.2, 0.25) is 0 Å². The van der Waals surface area contributed by atoms with E-state index in [1.165, 1.54) is 17.7 Å².